The number of hydrogen-bond acceptors (Lipinski definition) is 3. The molecular weight excluding hydrogens is 359 g/mol. The number of benzene rings is 3. The van der Waals surface area contributed by atoms with Crippen molar-refractivity contribution in [2.45, 2.75) is 6.42 Å². The Morgan fingerprint density at radius 2 is 1.50 bits per heavy atom. The molecule has 0 saturated heterocycles. The lowest BCUT2D eigenvalue weighted by molar-refractivity contribution is -0.136. The van der Waals surface area contributed by atoms with Crippen LogP contribution in [0.5, 0.6) is 11.5 Å². The smallest absolute Gasteiger partial charge is 0.313 e. The standard InChI is InChI=1S/C22H19FN2O3/c23-18-11-5-4-8-16(18)14-15-24-21(26)22(27)25-19-12-6-7-13-20(19)28-17-9-2-1-3-10-17/h1-13H,14-15H2,(H,24,26)(H,25,27). The average molecular weight is 378 g/mol. The van der Waals surface area contributed by atoms with Crippen LogP contribution in [0, 0.1) is 5.82 Å². The van der Waals surface area contributed by atoms with Crippen LogP contribution in [0.2, 0.25) is 0 Å². The molecule has 0 aromatic heterocycles. The lowest BCUT2D eigenvalue weighted by Crippen LogP contribution is -2.36. The Balaban J connectivity index is 1.57. The van der Waals surface area contributed by atoms with E-state index in [0.29, 0.717) is 29.2 Å². The maximum absolute atomic E-state index is 13.6. The number of carbonyl (C=O) groups excluding carboxylic acids is 2. The first-order valence-electron chi connectivity index (χ1n) is 8.78. The molecule has 0 spiro atoms. The fourth-order valence-electron chi connectivity index (χ4n) is 2.55. The van der Waals surface area contributed by atoms with Gasteiger partial charge in [0, 0.05) is 6.54 Å². The van der Waals surface area contributed by atoms with Gasteiger partial charge in [0.25, 0.3) is 0 Å². The van der Waals surface area contributed by atoms with E-state index in [4.69, 9.17) is 4.74 Å². The zero-order valence-electron chi connectivity index (χ0n) is 15.0. The Morgan fingerprint density at radius 3 is 2.29 bits per heavy atom. The van der Waals surface area contributed by atoms with Crippen LogP contribution in [0.4, 0.5) is 10.1 Å². The van der Waals surface area contributed by atoms with Crippen LogP contribution in [0.1, 0.15) is 5.56 Å². The first-order valence-corrected chi connectivity index (χ1v) is 8.78. The molecule has 6 heteroatoms. The normalized spacial score (nSPS) is 10.2. The van der Waals surface area contributed by atoms with Gasteiger partial charge in [-0.15, -0.1) is 0 Å². The van der Waals surface area contributed by atoms with Gasteiger partial charge in [-0.2, -0.15) is 0 Å². The fourth-order valence-corrected chi connectivity index (χ4v) is 2.55. The Labute approximate surface area is 162 Å². The fraction of sp³-hybridized carbons (Fsp3) is 0.0909. The molecule has 0 saturated carbocycles. The second-order valence-electron chi connectivity index (χ2n) is 5.96. The molecule has 3 aromatic rings. The van der Waals surface area contributed by atoms with Crippen LogP contribution in [0.15, 0.2) is 78.9 Å². The summed E-state index contributed by atoms with van der Waals surface area (Å²) in [5.41, 5.74) is 0.852. The Morgan fingerprint density at radius 1 is 0.821 bits per heavy atom. The zero-order valence-corrected chi connectivity index (χ0v) is 15.0. The molecule has 5 nitrogen and oxygen atoms in total. The van der Waals surface area contributed by atoms with Crippen molar-refractivity contribution in [3.8, 4) is 11.5 Å². The minimum atomic E-state index is -0.822. The molecule has 0 aliphatic rings. The zero-order chi connectivity index (χ0) is 19.8. The van der Waals surface area contributed by atoms with Crippen LogP contribution in [0.25, 0.3) is 0 Å². The first-order chi connectivity index (χ1) is 13.6. The van der Waals surface area contributed by atoms with Crippen LogP contribution < -0.4 is 15.4 Å². The maximum Gasteiger partial charge on any atom is 0.313 e. The van der Waals surface area contributed by atoms with Gasteiger partial charge in [-0.3, -0.25) is 9.59 Å². The van der Waals surface area contributed by atoms with Gasteiger partial charge in [-0.05, 0) is 42.3 Å². The summed E-state index contributed by atoms with van der Waals surface area (Å²) in [4.78, 5) is 24.2. The highest BCUT2D eigenvalue weighted by Crippen LogP contribution is 2.28. The van der Waals surface area contributed by atoms with E-state index < -0.39 is 11.8 Å². The summed E-state index contributed by atoms with van der Waals surface area (Å²) in [6.45, 7) is 0.148. The van der Waals surface area contributed by atoms with Gasteiger partial charge in [-0.1, -0.05) is 48.5 Å². The largest absolute Gasteiger partial charge is 0.455 e. The number of nitrogens with one attached hydrogen (secondary N) is 2. The summed E-state index contributed by atoms with van der Waals surface area (Å²) in [6, 6.07) is 22.2. The summed E-state index contributed by atoms with van der Waals surface area (Å²) in [7, 11) is 0. The van der Waals surface area contributed by atoms with E-state index in [1.807, 2.05) is 18.2 Å². The predicted octanol–water partition coefficient (Wildman–Crippen LogP) is 3.92. The van der Waals surface area contributed by atoms with Crippen molar-refractivity contribution in [1.29, 1.82) is 0 Å². The van der Waals surface area contributed by atoms with Crippen molar-refractivity contribution in [2.24, 2.45) is 0 Å². The number of anilines is 1. The van der Waals surface area contributed by atoms with E-state index in [0.717, 1.165) is 0 Å². The Kier molecular flexibility index (Phi) is 6.36. The van der Waals surface area contributed by atoms with Crippen LogP contribution >= 0.6 is 0 Å². The molecule has 3 aromatic carbocycles. The SMILES string of the molecule is O=C(NCCc1ccccc1F)C(=O)Nc1ccccc1Oc1ccccc1. The highest BCUT2D eigenvalue weighted by atomic mass is 19.1. The monoisotopic (exact) mass is 378 g/mol. The molecule has 0 radical (unpaired) electrons. The second-order valence-corrected chi connectivity index (χ2v) is 5.96. The van der Waals surface area contributed by atoms with Gasteiger partial charge in [0.15, 0.2) is 5.75 Å². The van der Waals surface area contributed by atoms with E-state index in [-0.39, 0.29) is 12.4 Å². The molecule has 2 N–H and O–H groups in total. The third-order valence-corrected chi connectivity index (χ3v) is 3.95. The number of carbonyl (C=O) groups is 2. The lowest BCUT2D eigenvalue weighted by atomic mass is 10.1. The molecule has 0 unspecified atom stereocenters. The topological polar surface area (TPSA) is 67.4 Å². The molecule has 3 rings (SSSR count). The van der Waals surface area contributed by atoms with Crippen molar-refractivity contribution < 1.29 is 18.7 Å². The van der Waals surface area contributed by atoms with E-state index in [2.05, 4.69) is 10.6 Å². The van der Waals surface area contributed by atoms with Crippen molar-refractivity contribution >= 4 is 17.5 Å². The summed E-state index contributed by atoms with van der Waals surface area (Å²) in [5.74, 6) is -0.934. The summed E-state index contributed by atoms with van der Waals surface area (Å²) in [6.07, 6.45) is 0.291. The number of halogens is 1. The maximum atomic E-state index is 13.6. The number of amides is 2. The van der Waals surface area contributed by atoms with Gasteiger partial charge in [0.1, 0.15) is 11.6 Å². The minimum absolute atomic E-state index is 0.148. The van der Waals surface area contributed by atoms with E-state index >= 15 is 0 Å². The molecule has 142 valence electrons. The van der Waals surface area contributed by atoms with Gasteiger partial charge in [0.05, 0.1) is 5.69 Å². The van der Waals surface area contributed by atoms with Gasteiger partial charge >= 0.3 is 11.8 Å². The molecule has 2 amide bonds. The lowest BCUT2D eigenvalue weighted by Gasteiger charge is -2.12. The van der Waals surface area contributed by atoms with E-state index in [1.54, 1.807) is 54.6 Å². The van der Waals surface area contributed by atoms with E-state index in [1.165, 1.54) is 6.07 Å². The van der Waals surface area contributed by atoms with Gasteiger partial charge in [0.2, 0.25) is 0 Å². The van der Waals surface area contributed by atoms with Crippen molar-refractivity contribution in [1.82, 2.24) is 5.32 Å². The molecule has 0 aliphatic heterocycles. The summed E-state index contributed by atoms with van der Waals surface area (Å²) in [5, 5.41) is 5.03. The molecule has 0 heterocycles. The number of hydrogen-bond donors (Lipinski definition) is 2. The number of para-hydroxylation sites is 3. The average Bonchev–Trinajstić information content (AvgIpc) is 2.71. The third kappa shape index (κ3) is 5.17. The van der Waals surface area contributed by atoms with Crippen molar-refractivity contribution in [2.75, 3.05) is 11.9 Å². The number of rotatable bonds is 6. The molecule has 0 bridgehead atoms. The predicted molar refractivity (Wildman–Crippen MR) is 105 cm³/mol. The van der Waals surface area contributed by atoms with Gasteiger partial charge in [-0.25, -0.2) is 4.39 Å². The van der Waals surface area contributed by atoms with E-state index in [9.17, 15) is 14.0 Å². The Bertz CT molecular complexity index is 961. The molecule has 0 atom stereocenters. The first kappa shape index (κ1) is 19.1. The molecular formula is C22H19FN2O3. The van der Waals surface area contributed by atoms with Gasteiger partial charge < -0.3 is 15.4 Å². The van der Waals surface area contributed by atoms with Crippen molar-refractivity contribution in [3.63, 3.8) is 0 Å². The third-order valence-electron chi connectivity index (χ3n) is 3.95. The molecule has 0 aliphatic carbocycles. The van der Waals surface area contributed by atoms with Crippen molar-refractivity contribution in [3.05, 3.63) is 90.2 Å². The highest BCUT2D eigenvalue weighted by molar-refractivity contribution is 6.39. The summed E-state index contributed by atoms with van der Waals surface area (Å²) < 4.78 is 19.3. The Hall–Kier alpha value is -3.67. The quantitative estimate of drug-likeness (QED) is 0.639. The number of ether oxygens (including phenoxy) is 1. The highest BCUT2D eigenvalue weighted by Gasteiger charge is 2.16. The van der Waals surface area contributed by atoms with Crippen LogP contribution in [-0.4, -0.2) is 18.4 Å². The van der Waals surface area contributed by atoms with Crippen LogP contribution in [-0.2, 0) is 16.0 Å². The minimum Gasteiger partial charge on any atom is -0.455 e. The summed E-state index contributed by atoms with van der Waals surface area (Å²) >= 11 is 0. The molecule has 0 fully saturated rings. The van der Waals surface area contributed by atoms with Crippen LogP contribution in [0.3, 0.4) is 0 Å². The molecule has 28 heavy (non-hydrogen) atoms. The second kappa shape index (κ2) is 9.32.